The maximum atomic E-state index is 13.9. The number of hydrogen-bond donors (Lipinski definition) is 1. The average molecular weight is 587 g/mol. The van der Waals surface area contributed by atoms with Crippen LogP contribution >= 0.6 is 23.1 Å². The number of pyridine rings is 1. The highest BCUT2D eigenvalue weighted by Crippen LogP contribution is 2.30. The highest BCUT2D eigenvalue weighted by Gasteiger charge is 2.19. The van der Waals surface area contributed by atoms with E-state index in [1.807, 2.05) is 6.07 Å². The Hall–Kier alpha value is -5.06. The van der Waals surface area contributed by atoms with Gasteiger partial charge in [0.05, 0.1) is 7.11 Å². The molecule has 0 aliphatic heterocycles. The zero-order chi connectivity index (χ0) is 28.8. The topological polar surface area (TPSA) is 132 Å². The fourth-order valence-electron chi connectivity index (χ4n) is 3.57. The van der Waals surface area contributed by atoms with Crippen LogP contribution in [0.2, 0.25) is 0 Å². The van der Waals surface area contributed by atoms with Crippen molar-refractivity contribution in [2.75, 3.05) is 12.4 Å². The summed E-state index contributed by atoms with van der Waals surface area (Å²) in [5, 5.41) is 20.4. The van der Waals surface area contributed by atoms with Crippen LogP contribution in [0.3, 0.4) is 0 Å². The van der Waals surface area contributed by atoms with Crippen molar-refractivity contribution >= 4 is 45.9 Å². The number of hydrogen-bond acceptors (Lipinski definition) is 10. The molecule has 3 heterocycles. The van der Waals surface area contributed by atoms with E-state index in [0.29, 0.717) is 32.8 Å². The van der Waals surface area contributed by atoms with Gasteiger partial charge in [0.25, 0.3) is 11.5 Å². The number of carbonyl (C=O) groups is 1. The number of nitriles is 1. The van der Waals surface area contributed by atoms with Crippen LogP contribution in [-0.4, -0.2) is 32.6 Å². The van der Waals surface area contributed by atoms with Crippen molar-refractivity contribution in [3.05, 3.63) is 106 Å². The summed E-state index contributed by atoms with van der Waals surface area (Å²) in [5.74, 6) is 0.0880. The number of rotatable bonds is 9. The van der Waals surface area contributed by atoms with Gasteiger partial charge in [0, 0.05) is 11.9 Å². The number of aromatic nitrogens is 4. The number of nitrogens with one attached hydrogen (secondary N) is 1. The molecule has 204 valence electrons. The summed E-state index contributed by atoms with van der Waals surface area (Å²) in [6.45, 7) is 0. The summed E-state index contributed by atoms with van der Waals surface area (Å²) < 4.78 is 26.7. The maximum absolute atomic E-state index is 13.9. The molecule has 10 nitrogen and oxygen atoms in total. The number of halogens is 1. The van der Waals surface area contributed by atoms with E-state index in [1.54, 1.807) is 60.7 Å². The van der Waals surface area contributed by atoms with Gasteiger partial charge in [-0.05, 0) is 54.1 Å². The molecule has 41 heavy (non-hydrogen) atoms. The lowest BCUT2D eigenvalue weighted by Crippen LogP contribution is -2.20. The van der Waals surface area contributed by atoms with Crippen molar-refractivity contribution in [3.8, 4) is 23.4 Å². The monoisotopic (exact) mass is 586 g/mol. The number of thioether (sulfide) groups is 1. The zero-order valence-corrected chi connectivity index (χ0v) is 22.9. The lowest BCUT2D eigenvalue weighted by atomic mass is 10.1. The molecule has 1 N–H and O–H groups in total. The molecule has 0 fully saturated rings. The molecule has 0 bridgehead atoms. The van der Waals surface area contributed by atoms with Crippen molar-refractivity contribution in [2.45, 2.75) is 10.1 Å². The summed E-state index contributed by atoms with van der Waals surface area (Å²) in [7, 11) is 1.53. The minimum absolute atomic E-state index is 0.0883. The first-order valence-electron chi connectivity index (χ1n) is 11.9. The van der Waals surface area contributed by atoms with Crippen LogP contribution < -0.4 is 20.3 Å². The normalized spacial score (nSPS) is 11.2. The Kier molecular flexibility index (Phi) is 8.33. The predicted octanol–water partition coefficient (Wildman–Crippen LogP) is 5.32. The molecular weight excluding hydrogens is 567 g/mol. The Morgan fingerprint density at radius 1 is 1.12 bits per heavy atom. The molecule has 0 saturated heterocycles. The molecular formula is C28H19FN6O4S2. The van der Waals surface area contributed by atoms with Gasteiger partial charge in [-0.3, -0.25) is 19.3 Å². The average Bonchev–Trinajstić information content (AvgIpc) is 3.44. The fraction of sp³-hybridized carbons (Fsp3) is 0.0714. The number of carbonyl (C=O) groups excluding carboxylic acids is 1. The molecule has 1 amide bonds. The number of amides is 1. The number of methoxy groups -OCH3 is 1. The van der Waals surface area contributed by atoms with E-state index in [4.69, 9.17) is 9.47 Å². The molecule has 0 aliphatic carbocycles. The summed E-state index contributed by atoms with van der Waals surface area (Å²) in [4.78, 5) is 30.8. The molecule has 0 spiro atoms. The van der Waals surface area contributed by atoms with E-state index in [-0.39, 0.29) is 28.0 Å². The van der Waals surface area contributed by atoms with Crippen LogP contribution in [0.1, 0.15) is 11.1 Å². The number of anilines is 1. The van der Waals surface area contributed by atoms with Gasteiger partial charge in [0.15, 0.2) is 4.34 Å². The van der Waals surface area contributed by atoms with Gasteiger partial charge in [-0.2, -0.15) is 10.2 Å². The molecule has 0 saturated carbocycles. The molecule has 5 rings (SSSR count). The second-order valence-electron chi connectivity index (χ2n) is 8.22. The van der Waals surface area contributed by atoms with Crippen LogP contribution in [0.5, 0.6) is 17.4 Å². The summed E-state index contributed by atoms with van der Waals surface area (Å²) in [6.07, 6.45) is 2.64. The number of ether oxygens (including phenoxy) is 2. The Balaban J connectivity index is 1.40. The van der Waals surface area contributed by atoms with Crippen LogP contribution in [0, 0.1) is 17.1 Å². The zero-order valence-electron chi connectivity index (χ0n) is 21.3. The van der Waals surface area contributed by atoms with Crippen molar-refractivity contribution in [2.24, 2.45) is 0 Å². The molecule has 3 aromatic heterocycles. The van der Waals surface area contributed by atoms with Gasteiger partial charge in [-0.25, -0.2) is 4.39 Å². The Morgan fingerprint density at radius 2 is 1.88 bits per heavy atom. The fourth-order valence-corrected chi connectivity index (χ4v) is 5.30. The number of fused-ring (bicyclic) bond motifs is 1. The van der Waals surface area contributed by atoms with E-state index in [0.717, 1.165) is 17.4 Å². The molecule has 13 heteroatoms. The lowest BCUT2D eigenvalue weighted by molar-refractivity contribution is -0.112. The van der Waals surface area contributed by atoms with Gasteiger partial charge in [0.1, 0.15) is 40.2 Å². The Bertz CT molecular complexity index is 1860. The van der Waals surface area contributed by atoms with E-state index in [1.165, 1.54) is 35.5 Å². The van der Waals surface area contributed by atoms with Gasteiger partial charge < -0.3 is 9.47 Å². The highest BCUT2D eigenvalue weighted by molar-refractivity contribution is 8.00. The first kappa shape index (κ1) is 27.5. The van der Waals surface area contributed by atoms with E-state index < -0.39 is 11.5 Å². The molecule has 5 aromatic rings. The third kappa shape index (κ3) is 6.40. The predicted molar refractivity (Wildman–Crippen MR) is 153 cm³/mol. The standard InChI is InChI=1S/C28H19FN6O4S2/c1-38-19-9-11-20(12-10-19)39-25-21(26(37)35-13-5-4-8-23(35)31-25)14-18(15-30)24(36)32-27-33-34-28(41-27)40-16-17-6-2-3-7-22(17)29/h2-14H,16H2,1H3,(H,32,33,36). The molecule has 0 atom stereocenters. The second kappa shape index (κ2) is 12.4. The number of benzene rings is 2. The third-order valence-electron chi connectivity index (χ3n) is 5.60. The maximum Gasteiger partial charge on any atom is 0.269 e. The molecule has 0 aliphatic rings. The largest absolute Gasteiger partial charge is 0.497 e. The first-order valence-corrected chi connectivity index (χ1v) is 13.7. The molecule has 0 radical (unpaired) electrons. The first-order chi connectivity index (χ1) is 19.9. The van der Waals surface area contributed by atoms with E-state index >= 15 is 0 Å². The minimum atomic E-state index is -0.803. The quantitative estimate of drug-likeness (QED) is 0.105. The second-order valence-corrected chi connectivity index (χ2v) is 10.4. The van der Waals surface area contributed by atoms with Crippen LogP contribution in [-0.2, 0) is 10.5 Å². The van der Waals surface area contributed by atoms with Crippen molar-refractivity contribution < 1.29 is 18.7 Å². The van der Waals surface area contributed by atoms with Crippen molar-refractivity contribution in [1.82, 2.24) is 19.6 Å². The lowest BCUT2D eigenvalue weighted by Gasteiger charge is -2.10. The molecule has 2 aromatic carbocycles. The third-order valence-corrected chi connectivity index (χ3v) is 7.62. The summed E-state index contributed by atoms with van der Waals surface area (Å²) in [6, 6.07) is 19.9. The number of nitrogens with zero attached hydrogens (tertiary/aromatic N) is 5. The smallest absolute Gasteiger partial charge is 0.269 e. The van der Waals surface area contributed by atoms with Crippen molar-refractivity contribution in [3.63, 3.8) is 0 Å². The van der Waals surface area contributed by atoms with Crippen LogP contribution in [0.4, 0.5) is 9.52 Å². The summed E-state index contributed by atoms with van der Waals surface area (Å²) >= 11 is 2.33. The molecule has 0 unspecified atom stereocenters. The van der Waals surface area contributed by atoms with Gasteiger partial charge in [0.2, 0.25) is 11.0 Å². The van der Waals surface area contributed by atoms with Crippen LogP contribution in [0.15, 0.2) is 87.6 Å². The van der Waals surface area contributed by atoms with Gasteiger partial charge in [-0.1, -0.05) is 47.4 Å². The summed E-state index contributed by atoms with van der Waals surface area (Å²) in [5.41, 5.74) is -0.196. The SMILES string of the molecule is COc1ccc(Oc2nc3ccccn3c(=O)c2C=C(C#N)C(=O)Nc2nnc(SCc3ccccc3F)s2)cc1. The van der Waals surface area contributed by atoms with Gasteiger partial charge in [-0.15, -0.1) is 10.2 Å². The Labute approximate surface area is 240 Å². The van der Waals surface area contributed by atoms with Crippen LogP contribution in [0.25, 0.3) is 11.7 Å². The highest BCUT2D eigenvalue weighted by atomic mass is 32.2. The van der Waals surface area contributed by atoms with E-state index in [9.17, 15) is 19.2 Å². The minimum Gasteiger partial charge on any atom is -0.497 e. The Morgan fingerprint density at radius 3 is 2.63 bits per heavy atom. The van der Waals surface area contributed by atoms with Gasteiger partial charge >= 0.3 is 0 Å². The van der Waals surface area contributed by atoms with E-state index in [2.05, 4.69) is 20.5 Å². The van der Waals surface area contributed by atoms with Crippen molar-refractivity contribution in [1.29, 1.82) is 5.26 Å².